The van der Waals surface area contributed by atoms with Gasteiger partial charge < -0.3 is 9.47 Å². The second-order valence-electron chi connectivity index (χ2n) is 3.55. The average Bonchev–Trinajstić information content (AvgIpc) is 2.33. The van der Waals surface area contributed by atoms with Crippen LogP contribution in [0.5, 0.6) is 0 Å². The molecule has 18 heavy (non-hydrogen) atoms. The normalized spacial score (nSPS) is 10.7. The van der Waals surface area contributed by atoms with Gasteiger partial charge in [-0.05, 0) is 6.92 Å². The number of hydrogen-bond acceptors (Lipinski definition) is 6. The Hall–Kier alpha value is -1.72. The standard InChI is InChI=1S/C12H18O6/c1-5-9(14)12(10(15)6-2,18-8(4)13)11(16)17-7-3/h5-7H2,1-4H3. The molecule has 0 aliphatic rings. The van der Waals surface area contributed by atoms with Crippen LogP contribution in [-0.4, -0.2) is 35.7 Å². The summed E-state index contributed by atoms with van der Waals surface area (Å²) >= 11 is 0. The van der Waals surface area contributed by atoms with Crippen molar-refractivity contribution in [2.45, 2.75) is 46.1 Å². The molecule has 0 radical (unpaired) electrons. The lowest BCUT2D eigenvalue weighted by atomic mass is 9.89. The minimum atomic E-state index is -2.44. The molecule has 0 aromatic heterocycles. The third-order valence-corrected chi connectivity index (χ3v) is 2.29. The zero-order valence-electron chi connectivity index (χ0n) is 11.1. The number of rotatable bonds is 7. The van der Waals surface area contributed by atoms with Crippen LogP contribution in [0.15, 0.2) is 0 Å². The van der Waals surface area contributed by atoms with Gasteiger partial charge in [0.15, 0.2) is 11.6 Å². The first kappa shape index (κ1) is 16.3. The highest BCUT2D eigenvalue weighted by molar-refractivity contribution is 6.27. The number of carbonyl (C=O) groups excluding carboxylic acids is 4. The van der Waals surface area contributed by atoms with E-state index < -0.39 is 29.1 Å². The van der Waals surface area contributed by atoms with E-state index in [1.165, 1.54) is 20.8 Å². The highest BCUT2D eigenvalue weighted by Crippen LogP contribution is 2.21. The van der Waals surface area contributed by atoms with Crippen LogP contribution in [0.2, 0.25) is 0 Å². The Morgan fingerprint density at radius 1 is 0.944 bits per heavy atom. The number of esters is 2. The third kappa shape index (κ3) is 3.15. The monoisotopic (exact) mass is 258 g/mol. The molecule has 0 atom stereocenters. The summed E-state index contributed by atoms with van der Waals surface area (Å²) in [5.74, 6) is -3.56. The van der Waals surface area contributed by atoms with Crippen molar-refractivity contribution in [1.29, 1.82) is 0 Å². The zero-order valence-corrected chi connectivity index (χ0v) is 11.1. The van der Waals surface area contributed by atoms with Crippen LogP contribution < -0.4 is 0 Å². The fourth-order valence-corrected chi connectivity index (χ4v) is 1.48. The van der Waals surface area contributed by atoms with Crippen molar-refractivity contribution in [3.05, 3.63) is 0 Å². The van der Waals surface area contributed by atoms with E-state index in [1.54, 1.807) is 0 Å². The largest absolute Gasteiger partial charge is 0.462 e. The summed E-state index contributed by atoms with van der Waals surface area (Å²) in [7, 11) is 0. The van der Waals surface area contributed by atoms with E-state index in [0.717, 1.165) is 6.92 Å². The van der Waals surface area contributed by atoms with Gasteiger partial charge >= 0.3 is 17.5 Å². The Morgan fingerprint density at radius 3 is 1.67 bits per heavy atom. The van der Waals surface area contributed by atoms with Crippen LogP contribution in [0, 0.1) is 0 Å². The van der Waals surface area contributed by atoms with Gasteiger partial charge in [-0.25, -0.2) is 4.79 Å². The minimum absolute atomic E-state index is 0.0180. The Kier molecular flexibility index (Phi) is 6.22. The maximum absolute atomic E-state index is 11.9. The van der Waals surface area contributed by atoms with Crippen LogP contribution in [0.4, 0.5) is 0 Å². The van der Waals surface area contributed by atoms with Gasteiger partial charge in [-0.2, -0.15) is 0 Å². The van der Waals surface area contributed by atoms with Gasteiger partial charge in [-0.15, -0.1) is 0 Å². The van der Waals surface area contributed by atoms with E-state index >= 15 is 0 Å². The van der Waals surface area contributed by atoms with Crippen LogP contribution in [0.1, 0.15) is 40.5 Å². The molecule has 102 valence electrons. The van der Waals surface area contributed by atoms with Crippen molar-refractivity contribution in [3.8, 4) is 0 Å². The number of ketones is 2. The van der Waals surface area contributed by atoms with Crippen molar-refractivity contribution in [1.82, 2.24) is 0 Å². The molecule has 6 heteroatoms. The van der Waals surface area contributed by atoms with Crippen molar-refractivity contribution in [2.24, 2.45) is 0 Å². The molecular formula is C12H18O6. The van der Waals surface area contributed by atoms with Crippen molar-refractivity contribution >= 4 is 23.5 Å². The Morgan fingerprint density at radius 2 is 1.39 bits per heavy atom. The molecule has 0 saturated heterocycles. The van der Waals surface area contributed by atoms with Crippen molar-refractivity contribution < 1.29 is 28.7 Å². The molecule has 0 spiro atoms. The van der Waals surface area contributed by atoms with Gasteiger partial charge in [-0.1, -0.05) is 13.8 Å². The molecule has 0 heterocycles. The fraction of sp³-hybridized carbons (Fsp3) is 0.667. The molecule has 0 aromatic carbocycles. The van der Waals surface area contributed by atoms with E-state index in [-0.39, 0.29) is 19.4 Å². The summed E-state index contributed by atoms with van der Waals surface area (Å²) in [4.78, 5) is 46.7. The molecule has 0 saturated carbocycles. The summed E-state index contributed by atoms with van der Waals surface area (Å²) < 4.78 is 9.44. The van der Waals surface area contributed by atoms with Gasteiger partial charge in [0.2, 0.25) is 0 Å². The number of ether oxygens (including phenoxy) is 2. The summed E-state index contributed by atoms with van der Waals surface area (Å²) in [6.07, 6.45) is -0.227. The molecule has 0 aliphatic carbocycles. The number of hydrogen-bond donors (Lipinski definition) is 0. The van der Waals surface area contributed by atoms with Crippen LogP contribution in [0.25, 0.3) is 0 Å². The molecule has 0 aromatic rings. The first-order valence-corrected chi connectivity index (χ1v) is 5.80. The van der Waals surface area contributed by atoms with Gasteiger partial charge in [0, 0.05) is 19.8 Å². The molecule has 0 fully saturated rings. The van der Waals surface area contributed by atoms with E-state index in [0.29, 0.717) is 0 Å². The molecule has 0 amide bonds. The van der Waals surface area contributed by atoms with Gasteiger partial charge in [0.05, 0.1) is 6.61 Å². The lowest BCUT2D eigenvalue weighted by Crippen LogP contribution is -2.57. The molecule has 0 bridgehead atoms. The van der Waals surface area contributed by atoms with E-state index in [9.17, 15) is 19.2 Å². The van der Waals surface area contributed by atoms with Gasteiger partial charge in [0.1, 0.15) is 0 Å². The second-order valence-corrected chi connectivity index (χ2v) is 3.55. The Balaban J connectivity index is 5.68. The topological polar surface area (TPSA) is 86.7 Å². The average molecular weight is 258 g/mol. The first-order valence-electron chi connectivity index (χ1n) is 5.80. The molecular weight excluding hydrogens is 240 g/mol. The maximum Gasteiger partial charge on any atom is 0.366 e. The fourth-order valence-electron chi connectivity index (χ4n) is 1.48. The summed E-state index contributed by atoms with van der Waals surface area (Å²) in [6.45, 7) is 5.49. The molecule has 0 unspecified atom stereocenters. The maximum atomic E-state index is 11.9. The molecule has 6 nitrogen and oxygen atoms in total. The quantitative estimate of drug-likeness (QED) is 0.496. The highest BCUT2D eigenvalue weighted by Gasteiger charge is 2.55. The SMILES string of the molecule is CCOC(=O)C(OC(C)=O)(C(=O)CC)C(=O)CC. The number of Topliss-reactive ketones (excluding diaryl/α,β-unsaturated/α-hetero) is 2. The van der Waals surface area contributed by atoms with Gasteiger partial charge in [-0.3, -0.25) is 14.4 Å². The predicted octanol–water partition coefficient (Wildman–Crippen LogP) is 0.810. The van der Waals surface area contributed by atoms with Crippen LogP contribution >= 0.6 is 0 Å². The summed E-state index contributed by atoms with van der Waals surface area (Å²) in [6, 6.07) is 0. The van der Waals surface area contributed by atoms with Crippen molar-refractivity contribution in [2.75, 3.05) is 6.61 Å². The van der Waals surface area contributed by atoms with Crippen LogP contribution in [-0.2, 0) is 28.7 Å². The second kappa shape index (κ2) is 6.88. The molecule has 0 rings (SSSR count). The number of carbonyl (C=O) groups is 4. The Labute approximate surface area is 106 Å². The Bertz CT molecular complexity index is 342. The smallest absolute Gasteiger partial charge is 0.366 e. The summed E-state index contributed by atoms with van der Waals surface area (Å²) in [5, 5.41) is 0. The van der Waals surface area contributed by atoms with E-state index in [2.05, 4.69) is 0 Å². The molecule has 0 N–H and O–H groups in total. The van der Waals surface area contributed by atoms with Crippen LogP contribution in [0.3, 0.4) is 0 Å². The lowest BCUT2D eigenvalue weighted by molar-refractivity contribution is -0.187. The van der Waals surface area contributed by atoms with Gasteiger partial charge in [0.25, 0.3) is 0 Å². The summed E-state index contributed by atoms with van der Waals surface area (Å²) in [5.41, 5.74) is -2.44. The van der Waals surface area contributed by atoms with E-state index in [1.807, 2.05) is 0 Å². The lowest BCUT2D eigenvalue weighted by Gasteiger charge is -2.27. The predicted molar refractivity (Wildman–Crippen MR) is 61.7 cm³/mol. The third-order valence-electron chi connectivity index (χ3n) is 2.29. The molecule has 0 aliphatic heterocycles. The van der Waals surface area contributed by atoms with Crippen molar-refractivity contribution in [3.63, 3.8) is 0 Å². The van der Waals surface area contributed by atoms with E-state index in [4.69, 9.17) is 9.47 Å². The zero-order chi connectivity index (χ0) is 14.3. The highest BCUT2D eigenvalue weighted by atomic mass is 16.6. The first-order chi connectivity index (χ1) is 8.36. The minimum Gasteiger partial charge on any atom is -0.462 e.